The van der Waals surface area contributed by atoms with Gasteiger partial charge in [0.05, 0.1) is 5.56 Å². The van der Waals surface area contributed by atoms with Crippen LogP contribution < -0.4 is 5.32 Å². The molecule has 0 spiro atoms. The number of carbonyl (C=O) groups excluding carboxylic acids is 3. The molecule has 0 unspecified atom stereocenters. The predicted molar refractivity (Wildman–Crippen MR) is 119 cm³/mol. The Balaban J connectivity index is 1.87. The number of hydrogen-bond donors (Lipinski definition) is 1. The predicted octanol–water partition coefficient (Wildman–Crippen LogP) is 2.43. The van der Waals surface area contributed by atoms with E-state index in [-0.39, 0.29) is 22.9 Å². The van der Waals surface area contributed by atoms with Crippen LogP contribution in [0.1, 0.15) is 36.2 Å². The van der Waals surface area contributed by atoms with E-state index < -0.39 is 34.4 Å². The number of halogens is 1. The number of rotatable bonds is 8. The van der Waals surface area contributed by atoms with Gasteiger partial charge in [0, 0.05) is 18.1 Å². The Morgan fingerprint density at radius 3 is 2.41 bits per heavy atom. The fourth-order valence-electron chi connectivity index (χ4n) is 3.37. The third-order valence-corrected chi connectivity index (χ3v) is 7.21. The molecule has 170 valence electrons. The van der Waals surface area contributed by atoms with Crippen LogP contribution in [0.3, 0.4) is 0 Å². The zero-order valence-corrected chi connectivity index (χ0v) is 19.3. The first kappa shape index (κ1) is 23.7. The van der Waals surface area contributed by atoms with Gasteiger partial charge in [0.15, 0.2) is 0 Å². The van der Waals surface area contributed by atoms with E-state index in [1.54, 1.807) is 37.3 Å². The SMILES string of the molecule is CCCNC(=O)[C@@H](C)N(Cc1ccc(Cl)cc1)C(=O)CN1C(=O)c2ccccc2S1(=O)=O. The van der Waals surface area contributed by atoms with E-state index in [1.807, 2.05) is 6.92 Å². The lowest BCUT2D eigenvalue weighted by atomic mass is 10.1. The maximum Gasteiger partial charge on any atom is 0.269 e. The highest BCUT2D eigenvalue weighted by molar-refractivity contribution is 7.90. The molecule has 2 aromatic rings. The van der Waals surface area contributed by atoms with Gasteiger partial charge in [-0.1, -0.05) is 42.8 Å². The van der Waals surface area contributed by atoms with E-state index in [2.05, 4.69) is 5.32 Å². The van der Waals surface area contributed by atoms with Crippen LogP contribution in [0.15, 0.2) is 53.4 Å². The van der Waals surface area contributed by atoms with E-state index in [0.29, 0.717) is 21.4 Å². The molecule has 0 aliphatic carbocycles. The summed E-state index contributed by atoms with van der Waals surface area (Å²) < 4.78 is 26.2. The van der Waals surface area contributed by atoms with E-state index in [9.17, 15) is 22.8 Å². The molecule has 1 aliphatic rings. The van der Waals surface area contributed by atoms with E-state index >= 15 is 0 Å². The van der Waals surface area contributed by atoms with Crippen molar-refractivity contribution in [3.63, 3.8) is 0 Å². The van der Waals surface area contributed by atoms with Crippen molar-refractivity contribution in [2.75, 3.05) is 13.1 Å². The molecule has 0 bridgehead atoms. The summed E-state index contributed by atoms with van der Waals surface area (Å²) >= 11 is 5.93. The van der Waals surface area contributed by atoms with Gasteiger partial charge < -0.3 is 10.2 Å². The van der Waals surface area contributed by atoms with Crippen molar-refractivity contribution in [3.8, 4) is 0 Å². The van der Waals surface area contributed by atoms with Gasteiger partial charge in [0.25, 0.3) is 15.9 Å². The van der Waals surface area contributed by atoms with Gasteiger partial charge in [-0.2, -0.15) is 0 Å². The summed E-state index contributed by atoms with van der Waals surface area (Å²) in [6.07, 6.45) is 0.725. The molecule has 0 radical (unpaired) electrons. The first-order chi connectivity index (χ1) is 15.2. The molecule has 3 amide bonds. The van der Waals surface area contributed by atoms with Crippen LogP contribution in [-0.2, 0) is 26.2 Å². The molecule has 1 N–H and O–H groups in total. The Morgan fingerprint density at radius 1 is 1.12 bits per heavy atom. The van der Waals surface area contributed by atoms with Crippen molar-refractivity contribution in [2.45, 2.75) is 37.8 Å². The summed E-state index contributed by atoms with van der Waals surface area (Å²) in [5.41, 5.74) is 0.732. The summed E-state index contributed by atoms with van der Waals surface area (Å²) in [7, 11) is -4.14. The maximum absolute atomic E-state index is 13.2. The minimum atomic E-state index is -4.14. The lowest BCUT2D eigenvalue weighted by Crippen LogP contribution is -2.51. The minimum Gasteiger partial charge on any atom is -0.354 e. The number of amides is 3. The summed E-state index contributed by atoms with van der Waals surface area (Å²) in [5.74, 6) is -1.79. The second-order valence-electron chi connectivity index (χ2n) is 7.43. The average Bonchev–Trinajstić information content (AvgIpc) is 2.97. The minimum absolute atomic E-state index is 0.0262. The standard InChI is InChI=1S/C22H24ClN3O5S/c1-3-12-24-21(28)15(2)25(13-16-8-10-17(23)11-9-16)20(27)14-26-22(29)18-6-4-5-7-19(18)32(26,30)31/h4-11,15H,3,12-14H2,1-2H3,(H,24,28)/t15-/m1/s1. The number of hydrogen-bond acceptors (Lipinski definition) is 5. The molecule has 0 aromatic heterocycles. The van der Waals surface area contributed by atoms with Crippen molar-refractivity contribution < 1.29 is 22.8 Å². The number of benzene rings is 2. The number of nitrogens with one attached hydrogen (secondary N) is 1. The van der Waals surface area contributed by atoms with Crippen molar-refractivity contribution in [1.29, 1.82) is 0 Å². The fraction of sp³-hybridized carbons (Fsp3) is 0.318. The molecule has 10 heteroatoms. The van der Waals surface area contributed by atoms with Crippen LogP contribution in [0.5, 0.6) is 0 Å². The van der Waals surface area contributed by atoms with Crippen molar-refractivity contribution in [3.05, 3.63) is 64.7 Å². The fourth-order valence-corrected chi connectivity index (χ4v) is 5.01. The number of fused-ring (bicyclic) bond motifs is 1. The monoisotopic (exact) mass is 477 g/mol. The Bertz CT molecular complexity index is 1130. The highest BCUT2D eigenvalue weighted by Crippen LogP contribution is 2.30. The number of carbonyl (C=O) groups is 3. The van der Waals surface area contributed by atoms with Crippen LogP contribution >= 0.6 is 11.6 Å². The molecule has 1 aliphatic heterocycles. The largest absolute Gasteiger partial charge is 0.354 e. The zero-order chi connectivity index (χ0) is 23.5. The molecule has 0 saturated carbocycles. The number of sulfonamides is 1. The molecular weight excluding hydrogens is 454 g/mol. The summed E-state index contributed by atoms with van der Waals surface area (Å²) in [5, 5.41) is 3.26. The molecule has 2 aromatic carbocycles. The Morgan fingerprint density at radius 2 is 1.78 bits per heavy atom. The van der Waals surface area contributed by atoms with E-state index in [0.717, 1.165) is 6.42 Å². The van der Waals surface area contributed by atoms with Gasteiger partial charge >= 0.3 is 0 Å². The topological polar surface area (TPSA) is 104 Å². The second kappa shape index (κ2) is 9.70. The highest BCUT2D eigenvalue weighted by atomic mass is 35.5. The van der Waals surface area contributed by atoms with Gasteiger partial charge in [-0.25, -0.2) is 12.7 Å². The first-order valence-corrected chi connectivity index (χ1v) is 12.0. The molecule has 32 heavy (non-hydrogen) atoms. The van der Waals surface area contributed by atoms with Crippen LogP contribution in [0.4, 0.5) is 0 Å². The molecular formula is C22H24ClN3O5S. The lowest BCUT2D eigenvalue weighted by molar-refractivity contribution is -0.140. The Hall–Kier alpha value is -2.91. The Kier molecular flexibility index (Phi) is 7.20. The van der Waals surface area contributed by atoms with Gasteiger partial charge in [-0.05, 0) is 43.2 Å². The van der Waals surface area contributed by atoms with Crippen LogP contribution in [0, 0.1) is 0 Å². The summed E-state index contributed by atoms with van der Waals surface area (Å²) in [6.45, 7) is 3.26. The molecule has 1 heterocycles. The normalized spacial score (nSPS) is 15.2. The van der Waals surface area contributed by atoms with Crippen molar-refractivity contribution in [1.82, 2.24) is 14.5 Å². The van der Waals surface area contributed by atoms with E-state index in [4.69, 9.17) is 11.6 Å². The van der Waals surface area contributed by atoms with Crippen molar-refractivity contribution >= 4 is 39.3 Å². The highest BCUT2D eigenvalue weighted by Gasteiger charge is 2.43. The third kappa shape index (κ3) is 4.78. The van der Waals surface area contributed by atoms with Gasteiger partial charge in [-0.3, -0.25) is 14.4 Å². The van der Waals surface area contributed by atoms with Crippen molar-refractivity contribution in [2.24, 2.45) is 0 Å². The van der Waals surface area contributed by atoms with Gasteiger partial charge in [-0.15, -0.1) is 0 Å². The molecule has 0 fully saturated rings. The molecule has 3 rings (SSSR count). The third-order valence-electron chi connectivity index (χ3n) is 5.17. The van der Waals surface area contributed by atoms with E-state index in [1.165, 1.54) is 23.1 Å². The average molecular weight is 478 g/mol. The number of nitrogens with zero attached hydrogens (tertiary/aromatic N) is 2. The van der Waals surface area contributed by atoms with Gasteiger partial charge in [0.1, 0.15) is 17.5 Å². The van der Waals surface area contributed by atoms with Gasteiger partial charge in [0.2, 0.25) is 11.8 Å². The van der Waals surface area contributed by atoms with Crippen LogP contribution in [0.25, 0.3) is 0 Å². The van der Waals surface area contributed by atoms with Crippen LogP contribution in [-0.4, -0.2) is 54.5 Å². The maximum atomic E-state index is 13.2. The Labute approximate surface area is 192 Å². The smallest absolute Gasteiger partial charge is 0.269 e. The summed E-state index contributed by atoms with van der Waals surface area (Å²) in [4.78, 5) is 39.6. The first-order valence-electron chi connectivity index (χ1n) is 10.1. The lowest BCUT2D eigenvalue weighted by Gasteiger charge is -2.30. The molecule has 1 atom stereocenters. The quantitative estimate of drug-likeness (QED) is 0.628. The zero-order valence-electron chi connectivity index (χ0n) is 17.7. The van der Waals surface area contributed by atoms with Crippen LogP contribution in [0.2, 0.25) is 5.02 Å². The molecule has 8 nitrogen and oxygen atoms in total. The second-order valence-corrected chi connectivity index (χ2v) is 9.70. The molecule has 0 saturated heterocycles. The summed E-state index contributed by atoms with van der Waals surface area (Å²) in [6, 6.07) is 11.7.